The summed E-state index contributed by atoms with van der Waals surface area (Å²) in [5, 5.41) is 3.50. The van der Waals surface area contributed by atoms with E-state index in [0.717, 1.165) is 32.7 Å². The monoisotopic (exact) mass is 344 g/mol. The van der Waals surface area contributed by atoms with Crippen LogP contribution in [0.4, 0.5) is 0 Å². The molecular formula is C21H36N4. The van der Waals surface area contributed by atoms with Gasteiger partial charge in [-0.25, -0.2) is 0 Å². The van der Waals surface area contributed by atoms with Crippen molar-refractivity contribution in [2.75, 3.05) is 66.0 Å². The molecule has 0 aromatic heterocycles. The minimum Gasteiger partial charge on any atom is -0.314 e. The third-order valence-electron chi connectivity index (χ3n) is 5.78. The number of nitrogens with one attached hydrogen (secondary N) is 1. The summed E-state index contributed by atoms with van der Waals surface area (Å²) in [5.74, 6) is 0. The Kier molecular flexibility index (Phi) is 6.16. The fraction of sp³-hybridized carbons (Fsp3) is 0.714. The quantitative estimate of drug-likeness (QED) is 0.904. The van der Waals surface area contributed by atoms with Crippen LogP contribution in [0.5, 0.6) is 0 Å². The molecule has 0 aliphatic carbocycles. The van der Waals surface area contributed by atoms with Gasteiger partial charge in [0.1, 0.15) is 0 Å². The van der Waals surface area contributed by atoms with E-state index in [-0.39, 0.29) is 5.41 Å². The van der Waals surface area contributed by atoms with Crippen molar-refractivity contribution in [3.8, 4) is 0 Å². The number of hydrogen-bond donors (Lipinski definition) is 1. The van der Waals surface area contributed by atoms with Gasteiger partial charge in [0.05, 0.1) is 0 Å². The van der Waals surface area contributed by atoms with Gasteiger partial charge in [0.25, 0.3) is 0 Å². The van der Waals surface area contributed by atoms with Gasteiger partial charge in [0.15, 0.2) is 0 Å². The van der Waals surface area contributed by atoms with Gasteiger partial charge in [-0.05, 0) is 23.6 Å². The number of benzene rings is 1. The Hall–Kier alpha value is -0.940. The Morgan fingerprint density at radius 2 is 1.52 bits per heavy atom. The molecule has 0 amide bonds. The number of nitrogens with zero attached hydrogens (tertiary/aromatic N) is 3. The molecule has 1 N–H and O–H groups in total. The van der Waals surface area contributed by atoms with Crippen molar-refractivity contribution in [2.45, 2.75) is 32.2 Å². The highest BCUT2D eigenvalue weighted by molar-refractivity contribution is 5.29. The molecule has 2 fully saturated rings. The molecule has 2 saturated heterocycles. The van der Waals surface area contributed by atoms with Gasteiger partial charge in [-0.2, -0.15) is 0 Å². The summed E-state index contributed by atoms with van der Waals surface area (Å²) < 4.78 is 0. The van der Waals surface area contributed by atoms with E-state index >= 15 is 0 Å². The second-order valence-electron chi connectivity index (χ2n) is 8.78. The van der Waals surface area contributed by atoms with E-state index in [2.05, 4.69) is 72.1 Å². The van der Waals surface area contributed by atoms with Gasteiger partial charge < -0.3 is 10.2 Å². The highest BCUT2D eigenvalue weighted by Gasteiger charge is 2.26. The molecule has 0 bridgehead atoms. The van der Waals surface area contributed by atoms with Crippen LogP contribution in [0.15, 0.2) is 24.3 Å². The Morgan fingerprint density at radius 1 is 0.920 bits per heavy atom. The zero-order valence-electron chi connectivity index (χ0n) is 16.6. The summed E-state index contributed by atoms with van der Waals surface area (Å²) in [7, 11) is 2.23. The van der Waals surface area contributed by atoms with Gasteiger partial charge >= 0.3 is 0 Å². The van der Waals surface area contributed by atoms with Crippen LogP contribution in [0.1, 0.15) is 37.9 Å². The second-order valence-corrected chi connectivity index (χ2v) is 8.78. The normalized spacial score (nSPS) is 22.9. The summed E-state index contributed by atoms with van der Waals surface area (Å²) in [6.45, 7) is 17.3. The molecule has 3 rings (SSSR count). The predicted octanol–water partition coefficient (Wildman–Crippen LogP) is 2.18. The molecule has 2 aliphatic rings. The lowest BCUT2D eigenvalue weighted by Gasteiger charge is -2.40. The number of likely N-dealkylation sites (N-methyl/N-ethyl adjacent to an activating group) is 1. The van der Waals surface area contributed by atoms with Crippen LogP contribution < -0.4 is 5.32 Å². The molecule has 0 saturated carbocycles. The highest BCUT2D eigenvalue weighted by Crippen LogP contribution is 2.27. The van der Waals surface area contributed by atoms with Gasteiger partial charge in [-0.15, -0.1) is 0 Å². The molecule has 4 heteroatoms. The Morgan fingerprint density at radius 3 is 2.08 bits per heavy atom. The van der Waals surface area contributed by atoms with Gasteiger partial charge in [0.2, 0.25) is 0 Å². The van der Waals surface area contributed by atoms with E-state index in [1.165, 1.54) is 37.3 Å². The van der Waals surface area contributed by atoms with Gasteiger partial charge in [-0.1, -0.05) is 45.0 Å². The van der Waals surface area contributed by atoms with Crippen LogP contribution in [0, 0.1) is 0 Å². The molecule has 0 radical (unpaired) electrons. The first-order valence-corrected chi connectivity index (χ1v) is 9.89. The Labute approximate surface area is 154 Å². The molecule has 140 valence electrons. The van der Waals surface area contributed by atoms with Crippen molar-refractivity contribution in [1.29, 1.82) is 0 Å². The zero-order chi connectivity index (χ0) is 17.9. The third kappa shape index (κ3) is 5.04. The number of hydrogen-bond acceptors (Lipinski definition) is 4. The molecule has 2 heterocycles. The third-order valence-corrected chi connectivity index (χ3v) is 5.78. The van der Waals surface area contributed by atoms with Crippen LogP contribution in [0.25, 0.3) is 0 Å². The van der Waals surface area contributed by atoms with E-state index in [9.17, 15) is 0 Å². The zero-order valence-corrected chi connectivity index (χ0v) is 16.6. The maximum atomic E-state index is 3.50. The molecule has 1 aromatic carbocycles. The first kappa shape index (κ1) is 18.8. The summed E-state index contributed by atoms with van der Waals surface area (Å²) in [6, 6.07) is 9.95. The second kappa shape index (κ2) is 8.17. The smallest absolute Gasteiger partial charge is 0.0476 e. The fourth-order valence-corrected chi connectivity index (χ4v) is 3.91. The summed E-state index contributed by atoms with van der Waals surface area (Å²) in [6.07, 6.45) is 0. The number of rotatable bonds is 4. The highest BCUT2D eigenvalue weighted by atomic mass is 15.3. The molecule has 0 spiro atoms. The van der Waals surface area contributed by atoms with E-state index in [4.69, 9.17) is 0 Å². The maximum absolute atomic E-state index is 3.50. The largest absolute Gasteiger partial charge is 0.314 e. The Bertz CT molecular complexity index is 520. The lowest BCUT2D eigenvalue weighted by Crippen LogP contribution is -2.51. The molecule has 4 nitrogen and oxygen atoms in total. The molecule has 25 heavy (non-hydrogen) atoms. The van der Waals surface area contributed by atoms with Crippen LogP contribution in [-0.4, -0.2) is 80.7 Å². The van der Waals surface area contributed by atoms with Crippen molar-refractivity contribution in [1.82, 2.24) is 20.0 Å². The van der Waals surface area contributed by atoms with E-state index < -0.39 is 0 Å². The van der Waals surface area contributed by atoms with Crippen molar-refractivity contribution in [3.05, 3.63) is 35.4 Å². The van der Waals surface area contributed by atoms with Crippen molar-refractivity contribution in [3.63, 3.8) is 0 Å². The summed E-state index contributed by atoms with van der Waals surface area (Å²) in [5.41, 5.74) is 3.13. The minimum absolute atomic E-state index is 0.223. The van der Waals surface area contributed by atoms with Crippen LogP contribution in [0.2, 0.25) is 0 Å². The van der Waals surface area contributed by atoms with Crippen LogP contribution >= 0.6 is 0 Å². The SMILES string of the molecule is CN1CCN(CC(c2ccc(C(C)(C)C)cc2)N2CCNCC2)CC1. The van der Waals surface area contributed by atoms with Gasteiger partial charge in [0, 0.05) is 64.9 Å². The van der Waals surface area contributed by atoms with Crippen molar-refractivity contribution in [2.24, 2.45) is 0 Å². The van der Waals surface area contributed by atoms with E-state index in [0.29, 0.717) is 6.04 Å². The molecule has 1 atom stereocenters. The molecular weight excluding hydrogens is 308 g/mol. The average molecular weight is 345 g/mol. The average Bonchev–Trinajstić information content (AvgIpc) is 2.61. The van der Waals surface area contributed by atoms with Crippen molar-refractivity contribution >= 4 is 0 Å². The lowest BCUT2D eigenvalue weighted by atomic mass is 9.86. The van der Waals surface area contributed by atoms with E-state index in [1.807, 2.05) is 0 Å². The maximum Gasteiger partial charge on any atom is 0.0476 e. The summed E-state index contributed by atoms with van der Waals surface area (Å²) in [4.78, 5) is 7.78. The van der Waals surface area contributed by atoms with Crippen molar-refractivity contribution < 1.29 is 0 Å². The standard InChI is InChI=1S/C21H36N4/c1-21(2,3)19-7-5-18(6-8-19)20(25-11-9-22-10-12-25)17-24-15-13-23(4)14-16-24/h5-8,20,22H,9-17H2,1-4H3. The topological polar surface area (TPSA) is 21.8 Å². The lowest BCUT2D eigenvalue weighted by molar-refractivity contribution is 0.0923. The first-order chi connectivity index (χ1) is 11.9. The molecule has 1 aromatic rings. The molecule has 2 aliphatic heterocycles. The number of piperazine rings is 2. The van der Waals surface area contributed by atoms with E-state index in [1.54, 1.807) is 0 Å². The van der Waals surface area contributed by atoms with Crippen LogP contribution in [-0.2, 0) is 5.41 Å². The minimum atomic E-state index is 0.223. The fourth-order valence-electron chi connectivity index (χ4n) is 3.91. The molecule has 1 unspecified atom stereocenters. The Balaban J connectivity index is 1.75. The predicted molar refractivity (Wildman–Crippen MR) is 106 cm³/mol. The summed E-state index contributed by atoms with van der Waals surface area (Å²) >= 11 is 0. The van der Waals surface area contributed by atoms with Gasteiger partial charge in [-0.3, -0.25) is 9.80 Å². The van der Waals surface area contributed by atoms with Crippen LogP contribution in [0.3, 0.4) is 0 Å². The first-order valence-electron chi connectivity index (χ1n) is 9.89.